The van der Waals surface area contributed by atoms with Gasteiger partial charge in [0.05, 0.1) is 12.1 Å². The zero-order valence-electron chi connectivity index (χ0n) is 10.1. The minimum absolute atomic E-state index is 0.0339. The van der Waals surface area contributed by atoms with Gasteiger partial charge in [-0.1, -0.05) is 0 Å². The number of ether oxygens (including phenoxy) is 2. The van der Waals surface area contributed by atoms with Gasteiger partial charge in [-0.25, -0.2) is 0 Å². The van der Waals surface area contributed by atoms with Crippen molar-refractivity contribution >= 4 is 5.91 Å². The van der Waals surface area contributed by atoms with Crippen molar-refractivity contribution in [2.45, 2.75) is 31.4 Å². The van der Waals surface area contributed by atoms with Gasteiger partial charge in [0.2, 0.25) is 5.91 Å². The van der Waals surface area contributed by atoms with Gasteiger partial charge in [0.25, 0.3) is 0 Å². The highest BCUT2D eigenvalue weighted by Crippen LogP contribution is 2.13. The molecule has 5 heteroatoms. The van der Waals surface area contributed by atoms with Crippen molar-refractivity contribution in [2.75, 3.05) is 33.9 Å². The second-order valence-corrected chi connectivity index (χ2v) is 4.15. The van der Waals surface area contributed by atoms with E-state index < -0.39 is 6.04 Å². The second kappa shape index (κ2) is 6.83. The van der Waals surface area contributed by atoms with E-state index in [9.17, 15) is 4.79 Å². The van der Waals surface area contributed by atoms with E-state index >= 15 is 0 Å². The summed E-state index contributed by atoms with van der Waals surface area (Å²) in [6.45, 7) is 2.03. The lowest BCUT2D eigenvalue weighted by Crippen LogP contribution is -2.48. The highest BCUT2D eigenvalue weighted by molar-refractivity contribution is 5.81. The monoisotopic (exact) mass is 230 g/mol. The van der Waals surface area contributed by atoms with Crippen LogP contribution >= 0.6 is 0 Å². The lowest BCUT2D eigenvalue weighted by molar-refractivity contribution is -0.135. The summed E-state index contributed by atoms with van der Waals surface area (Å²) >= 11 is 0. The second-order valence-electron chi connectivity index (χ2n) is 4.15. The maximum absolute atomic E-state index is 11.9. The highest BCUT2D eigenvalue weighted by Gasteiger charge is 2.25. The smallest absolute Gasteiger partial charge is 0.239 e. The number of piperidine rings is 1. The third kappa shape index (κ3) is 3.73. The highest BCUT2D eigenvalue weighted by atomic mass is 16.5. The van der Waals surface area contributed by atoms with Crippen LogP contribution in [0.25, 0.3) is 0 Å². The van der Waals surface area contributed by atoms with Gasteiger partial charge in [-0.05, 0) is 19.3 Å². The first-order valence-electron chi connectivity index (χ1n) is 5.75. The van der Waals surface area contributed by atoms with Gasteiger partial charge >= 0.3 is 0 Å². The van der Waals surface area contributed by atoms with Crippen molar-refractivity contribution in [3.63, 3.8) is 0 Å². The first-order valence-corrected chi connectivity index (χ1v) is 5.75. The molecule has 94 valence electrons. The Bertz CT molecular complexity index is 215. The SMILES string of the molecule is COCCC(N)C(=O)N1CCC(OC)CC1. The molecule has 1 unspecified atom stereocenters. The van der Waals surface area contributed by atoms with Gasteiger partial charge in [-0.15, -0.1) is 0 Å². The van der Waals surface area contributed by atoms with E-state index in [0.717, 1.165) is 25.9 Å². The van der Waals surface area contributed by atoms with Crippen LogP contribution < -0.4 is 5.73 Å². The maximum Gasteiger partial charge on any atom is 0.239 e. The Morgan fingerprint density at radius 2 is 2.06 bits per heavy atom. The number of rotatable bonds is 5. The predicted molar refractivity (Wildman–Crippen MR) is 61.1 cm³/mol. The van der Waals surface area contributed by atoms with Crippen molar-refractivity contribution in [1.29, 1.82) is 0 Å². The minimum atomic E-state index is -0.431. The lowest BCUT2D eigenvalue weighted by atomic mass is 10.1. The molecule has 1 aliphatic rings. The molecule has 0 saturated carbocycles. The Kier molecular flexibility index (Phi) is 5.73. The van der Waals surface area contributed by atoms with E-state index in [2.05, 4.69) is 0 Å². The summed E-state index contributed by atoms with van der Waals surface area (Å²) in [6, 6.07) is -0.431. The molecule has 1 rings (SSSR count). The molecule has 0 radical (unpaired) electrons. The summed E-state index contributed by atoms with van der Waals surface area (Å²) in [5.74, 6) is 0.0339. The fraction of sp³-hybridized carbons (Fsp3) is 0.909. The summed E-state index contributed by atoms with van der Waals surface area (Å²) in [4.78, 5) is 13.7. The number of carbonyl (C=O) groups excluding carboxylic acids is 1. The van der Waals surface area contributed by atoms with Crippen LogP contribution in [0.1, 0.15) is 19.3 Å². The molecule has 1 amide bonds. The zero-order chi connectivity index (χ0) is 12.0. The van der Waals surface area contributed by atoms with E-state index in [0.29, 0.717) is 19.1 Å². The van der Waals surface area contributed by atoms with E-state index in [-0.39, 0.29) is 5.91 Å². The average molecular weight is 230 g/mol. The topological polar surface area (TPSA) is 64.8 Å². The molecule has 0 spiro atoms. The molecular formula is C11H22N2O3. The van der Waals surface area contributed by atoms with Crippen LogP contribution in [0.15, 0.2) is 0 Å². The van der Waals surface area contributed by atoms with Crippen molar-refractivity contribution in [2.24, 2.45) is 5.73 Å². The van der Waals surface area contributed by atoms with Crippen LogP contribution in [-0.4, -0.2) is 56.9 Å². The molecule has 5 nitrogen and oxygen atoms in total. The Morgan fingerprint density at radius 3 is 2.56 bits per heavy atom. The Balaban J connectivity index is 2.32. The zero-order valence-corrected chi connectivity index (χ0v) is 10.1. The van der Waals surface area contributed by atoms with Gasteiger partial charge in [0, 0.05) is 33.9 Å². The number of hydrogen-bond acceptors (Lipinski definition) is 4. The van der Waals surface area contributed by atoms with Crippen molar-refractivity contribution in [1.82, 2.24) is 4.90 Å². The van der Waals surface area contributed by atoms with Crippen LogP contribution in [0.4, 0.5) is 0 Å². The fourth-order valence-corrected chi connectivity index (χ4v) is 1.91. The van der Waals surface area contributed by atoms with Crippen molar-refractivity contribution < 1.29 is 14.3 Å². The lowest BCUT2D eigenvalue weighted by Gasteiger charge is -2.32. The van der Waals surface area contributed by atoms with E-state index in [1.54, 1.807) is 14.2 Å². The summed E-state index contributed by atoms with van der Waals surface area (Å²) in [7, 11) is 3.33. The molecule has 2 N–H and O–H groups in total. The Morgan fingerprint density at radius 1 is 1.44 bits per heavy atom. The van der Waals surface area contributed by atoms with Gasteiger partial charge in [-0.2, -0.15) is 0 Å². The predicted octanol–water partition coefficient (Wildman–Crippen LogP) is -0.0124. The molecule has 1 aliphatic heterocycles. The van der Waals surface area contributed by atoms with Crippen LogP contribution in [0.3, 0.4) is 0 Å². The number of carbonyl (C=O) groups is 1. The third-order valence-corrected chi connectivity index (χ3v) is 3.04. The van der Waals surface area contributed by atoms with Crippen molar-refractivity contribution in [3.8, 4) is 0 Å². The Hall–Kier alpha value is -0.650. The summed E-state index contributed by atoms with van der Waals surface area (Å²) in [6.07, 6.45) is 2.68. The number of nitrogens with zero attached hydrogens (tertiary/aromatic N) is 1. The molecule has 0 aliphatic carbocycles. The molecule has 16 heavy (non-hydrogen) atoms. The number of methoxy groups -OCH3 is 2. The maximum atomic E-state index is 11.9. The molecule has 1 heterocycles. The number of nitrogens with two attached hydrogens (primary N) is 1. The van der Waals surface area contributed by atoms with Crippen LogP contribution in [0.2, 0.25) is 0 Å². The van der Waals surface area contributed by atoms with Gasteiger partial charge in [-0.3, -0.25) is 4.79 Å². The molecule has 0 aromatic carbocycles. The number of likely N-dealkylation sites (tertiary alicyclic amines) is 1. The number of amides is 1. The van der Waals surface area contributed by atoms with Gasteiger partial charge in [0.1, 0.15) is 0 Å². The van der Waals surface area contributed by atoms with Crippen LogP contribution in [-0.2, 0) is 14.3 Å². The molecule has 0 bridgehead atoms. The van der Waals surface area contributed by atoms with Gasteiger partial charge in [0.15, 0.2) is 0 Å². The largest absolute Gasteiger partial charge is 0.385 e. The third-order valence-electron chi connectivity index (χ3n) is 3.04. The van der Waals surface area contributed by atoms with E-state index in [4.69, 9.17) is 15.2 Å². The summed E-state index contributed by atoms with van der Waals surface area (Å²) in [5, 5.41) is 0. The van der Waals surface area contributed by atoms with Crippen LogP contribution in [0.5, 0.6) is 0 Å². The molecule has 1 fully saturated rings. The van der Waals surface area contributed by atoms with Crippen molar-refractivity contribution in [3.05, 3.63) is 0 Å². The minimum Gasteiger partial charge on any atom is -0.385 e. The first kappa shape index (κ1) is 13.4. The average Bonchev–Trinajstić information content (AvgIpc) is 2.35. The van der Waals surface area contributed by atoms with Crippen LogP contribution in [0, 0.1) is 0 Å². The van der Waals surface area contributed by atoms with E-state index in [1.807, 2.05) is 4.90 Å². The fourth-order valence-electron chi connectivity index (χ4n) is 1.91. The molecule has 1 atom stereocenters. The molecule has 0 aromatic heterocycles. The van der Waals surface area contributed by atoms with Gasteiger partial charge < -0.3 is 20.1 Å². The quantitative estimate of drug-likeness (QED) is 0.721. The molecule has 0 aromatic rings. The molecular weight excluding hydrogens is 208 g/mol. The normalized spacial score (nSPS) is 19.8. The number of hydrogen-bond donors (Lipinski definition) is 1. The summed E-state index contributed by atoms with van der Waals surface area (Å²) in [5.41, 5.74) is 5.80. The summed E-state index contributed by atoms with van der Waals surface area (Å²) < 4.78 is 10.2. The van der Waals surface area contributed by atoms with E-state index in [1.165, 1.54) is 0 Å². The Labute approximate surface area is 96.9 Å². The standard InChI is InChI=1S/C11H22N2O3/c1-15-8-5-10(12)11(14)13-6-3-9(16-2)4-7-13/h9-10H,3-8,12H2,1-2H3. The molecule has 1 saturated heterocycles. The first-order chi connectivity index (χ1) is 7.69.